The lowest BCUT2D eigenvalue weighted by atomic mass is 10.1. The number of nitrogens with zero attached hydrogens (tertiary/aromatic N) is 2. The Bertz CT molecular complexity index is 807. The molecule has 25 heavy (non-hydrogen) atoms. The second kappa shape index (κ2) is 8.10. The number of hydrogen-bond donors (Lipinski definition) is 2. The van der Waals surface area contributed by atoms with Crippen LogP contribution in [0.2, 0.25) is 0 Å². The molecule has 0 fully saturated rings. The molecule has 0 aliphatic carbocycles. The lowest BCUT2D eigenvalue weighted by Crippen LogP contribution is -2.17. The van der Waals surface area contributed by atoms with Gasteiger partial charge in [-0.2, -0.15) is 5.10 Å². The zero-order valence-electron chi connectivity index (χ0n) is 14.9. The second-order valence-corrected chi connectivity index (χ2v) is 6.30. The largest absolute Gasteiger partial charge is 0.392 e. The van der Waals surface area contributed by atoms with Crippen LogP contribution in [0.4, 0.5) is 0 Å². The maximum absolute atomic E-state index is 9.08. The van der Waals surface area contributed by atoms with E-state index in [0.29, 0.717) is 0 Å². The molecule has 0 aliphatic rings. The van der Waals surface area contributed by atoms with Gasteiger partial charge in [0.15, 0.2) is 0 Å². The Kier molecular flexibility index (Phi) is 5.64. The highest BCUT2D eigenvalue weighted by molar-refractivity contribution is 5.36. The highest BCUT2D eigenvalue weighted by Gasteiger charge is 2.12. The molecule has 1 heterocycles. The van der Waals surface area contributed by atoms with Crippen molar-refractivity contribution in [3.8, 4) is 5.69 Å². The van der Waals surface area contributed by atoms with Gasteiger partial charge in [-0.1, -0.05) is 42.5 Å². The van der Waals surface area contributed by atoms with Gasteiger partial charge in [0.1, 0.15) is 0 Å². The average Bonchev–Trinajstić information content (AvgIpc) is 2.94. The van der Waals surface area contributed by atoms with Crippen LogP contribution in [-0.2, 0) is 19.6 Å². The number of aromatic nitrogens is 2. The Labute approximate surface area is 149 Å². The van der Waals surface area contributed by atoms with E-state index in [0.717, 1.165) is 36.5 Å². The van der Waals surface area contributed by atoms with E-state index in [1.54, 1.807) is 0 Å². The van der Waals surface area contributed by atoms with Crippen molar-refractivity contribution in [2.24, 2.45) is 0 Å². The molecular formula is C21H25N3O. The molecule has 3 rings (SSSR count). The molecule has 2 aromatic carbocycles. The van der Waals surface area contributed by atoms with Gasteiger partial charge < -0.3 is 10.4 Å². The van der Waals surface area contributed by atoms with E-state index in [1.807, 2.05) is 35.0 Å². The van der Waals surface area contributed by atoms with E-state index in [2.05, 4.69) is 48.5 Å². The van der Waals surface area contributed by atoms with Gasteiger partial charge in [0.25, 0.3) is 0 Å². The number of nitrogens with one attached hydrogen (secondary N) is 1. The quantitative estimate of drug-likeness (QED) is 0.651. The number of aliphatic hydroxyl groups is 1. The van der Waals surface area contributed by atoms with Crippen molar-refractivity contribution in [2.45, 2.75) is 33.4 Å². The SMILES string of the molecule is Cc1nn(-c2ccccc2)c(C)c1CNCCc1ccc(CO)cc1. The van der Waals surface area contributed by atoms with Gasteiger partial charge in [0.2, 0.25) is 0 Å². The van der Waals surface area contributed by atoms with E-state index in [9.17, 15) is 0 Å². The van der Waals surface area contributed by atoms with Crippen LogP contribution in [0.3, 0.4) is 0 Å². The molecule has 0 radical (unpaired) electrons. The van der Waals surface area contributed by atoms with Gasteiger partial charge >= 0.3 is 0 Å². The number of aliphatic hydroxyl groups excluding tert-OH is 1. The highest BCUT2D eigenvalue weighted by atomic mass is 16.3. The summed E-state index contributed by atoms with van der Waals surface area (Å²) < 4.78 is 2.01. The van der Waals surface area contributed by atoms with Crippen LogP contribution >= 0.6 is 0 Å². The maximum atomic E-state index is 9.08. The summed E-state index contributed by atoms with van der Waals surface area (Å²) in [5, 5.41) is 17.3. The number of hydrogen-bond acceptors (Lipinski definition) is 3. The first-order valence-corrected chi connectivity index (χ1v) is 8.69. The molecule has 0 unspecified atom stereocenters. The van der Waals surface area contributed by atoms with Gasteiger partial charge in [-0.05, 0) is 50.1 Å². The van der Waals surface area contributed by atoms with Crippen molar-refractivity contribution in [1.29, 1.82) is 0 Å². The third kappa shape index (κ3) is 4.16. The number of benzene rings is 2. The van der Waals surface area contributed by atoms with Gasteiger partial charge in [-0.15, -0.1) is 0 Å². The fourth-order valence-electron chi connectivity index (χ4n) is 3.01. The predicted molar refractivity (Wildman–Crippen MR) is 101 cm³/mol. The van der Waals surface area contributed by atoms with E-state index >= 15 is 0 Å². The van der Waals surface area contributed by atoms with E-state index in [1.165, 1.54) is 16.8 Å². The Balaban J connectivity index is 1.59. The first kappa shape index (κ1) is 17.4. The minimum absolute atomic E-state index is 0.0997. The van der Waals surface area contributed by atoms with Crippen LogP contribution in [0.25, 0.3) is 5.69 Å². The number of aryl methyl sites for hydroxylation is 1. The van der Waals surface area contributed by atoms with Crippen molar-refractivity contribution in [3.63, 3.8) is 0 Å². The molecule has 0 saturated carbocycles. The van der Waals surface area contributed by atoms with Crippen LogP contribution in [0.15, 0.2) is 54.6 Å². The smallest absolute Gasteiger partial charge is 0.0681 e. The standard InChI is InChI=1S/C21H25N3O/c1-16-21(17(2)24(23-16)20-6-4-3-5-7-20)14-22-13-12-18-8-10-19(15-25)11-9-18/h3-11,22,25H,12-15H2,1-2H3. The van der Waals surface area contributed by atoms with Crippen LogP contribution in [-0.4, -0.2) is 21.4 Å². The van der Waals surface area contributed by atoms with E-state index < -0.39 is 0 Å². The summed E-state index contributed by atoms with van der Waals surface area (Å²) in [4.78, 5) is 0. The van der Waals surface area contributed by atoms with Crippen molar-refractivity contribution in [1.82, 2.24) is 15.1 Å². The Morgan fingerprint density at radius 2 is 1.64 bits per heavy atom. The van der Waals surface area contributed by atoms with Crippen molar-refractivity contribution < 1.29 is 5.11 Å². The third-order valence-corrected chi connectivity index (χ3v) is 4.54. The second-order valence-electron chi connectivity index (χ2n) is 6.30. The molecule has 2 N–H and O–H groups in total. The molecule has 3 aromatic rings. The first-order chi connectivity index (χ1) is 12.2. The Morgan fingerprint density at radius 1 is 0.960 bits per heavy atom. The van der Waals surface area contributed by atoms with Crippen molar-refractivity contribution in [3.05, 3.63) is 82.7 Å². The lowest BCUT2D eigenvalue weighted by molar-refractivity contribution is 0.282. The number of rotatable bonds is 7. The summed E-state index contributed by atoms with van der Waals surface area (Å²) in [7, 11) is 0. The molecule has 1 aromatic heterocycles. The summed E-state index contributed by atoms with van der Waals surface area (Å²) in [6, 6.07) is 18.4. The summed E-state index contributed by atoms with van der Waals surface area (Å²) in [5.74, 6) is 0. The molecule has 130 valence electrons. The van der Waals surface area contributed by atoms with Gasteiger partial charge in [-0.3, -0.25) is 0 Å². The fraction of sp³-hybridized carbons (Fsp3) is 0.286. The molecule has 0 atom stereocenters. The average molecular weight is 335 g/mol. The fourth-order valence-corrected chi connectivity index (χ4v) is 3.01. The summed E-state index contributed by atoms with van der Waals surface area (Å²) in [5.41, 5.74) is 6.84. The van der Waals surface area contributed by atoms with Crippen LogP contribution in [0.5, 0.6) is 0 Å². The predicted octanol–water partition coefficient (Wildman–Crippen LogP) is 3.31. The zero-order chi connectivity index (χ0) is 17.6. The molecule has 4 nitrogen and oxygen atoms in total. The minimum atomic E-state index is 0.0997. The Hall–Kier alpha value is -2.43. The molecule has 4 heteroatoms. The first-order valence-electron chi connectivity index (χ1n) is 8.69. The summed E-state index contributed by atoms with van der Waals surface area (Å²) in [6.45, 7) is 6.02. The van der Waals surface area contributed by atoms with E-state index in [4.69, 9.17) is 5.11 Å². The highest BCUT2D eigenvalue weighted by Crippen LogP contribution is 2.17. The molecule has 0 spiro atoms. The molecule has 0 saturated heterocycles. The van der Waals surface area contributed by atoms with Crippen molar-refractivity contribution >= 4 is 0 Å². The molecule has 0 aliphatic heterocycles. The van der Waals surface area contributed by atoms with Gasteiger partial charge in [0, 0.05) is 17.8 Å². The zero-order valence-corrected chi connectivity index (χ0v) is 14.9. The van der Waals surface area contributed by atoms with Crippen molar-refractivity contribution in [2.75, 3.05) is 6.54 Å². The maximum Gasteiger partial charge on any atom is 0.0681 e. The summed E-state index contributed by atoms with van der Waals surface area (Å²) >= 11 is 0. The van der Waals surface area contributed by atoms with Crippen LogP contribution in [0.1, 0.15) is 28.1 Å². The van der Waals surface area contributed by atoms with Crippen LogP contribution < -0.4 is 5.32 Å². The normalized spacial score (nSPS) is 11.0. The van der Waals surface area contributed by atoms with Gasteiger partial charge in [-0.25, -0.2) is 4.68 Å². The topological polar surface area (TPSA) is 50.1 Å². The lowest BCUT2D eigenvalue weighted by Gasteiger charge is -2.07. The third-order valence-electron chi connectivity index (χ3n) is 4.54. The van der Waals surface area contributed by atoms with Crippen LogP contribution in [0, 0.1) is 13.8 Å². The minimum Gasteiger partial charge on any atom is -0.392 e. The monoisotopic (exact) mass is 335 g/mol. The van der Waals surface area contributed by atoms with E-state index in [-0.39, 0.29) is 6.61 Å². The Morgan fingerprint density at radius 3 is 2.32 bits per heavy atom. The number of para-hydroxylation sites is 1. The molecular weight excluding hydrogens is 310 g/mol. The summed E-state index contributed by atoms with van der Waals surface area (Å²) in [6.07, 6.45) is 0.969. The van der Waals surface area contributed by atoms with Gasteiger partial charge in [0.05, 0.1) is 18.0 Å². The molecule has 0 amide bonds. The molecule has 0 bridgehead atoms.